The van der Waals surface area contributed by atoms with Gasteiger partial charge in [0.15, 0.2) is 0 Å². The van der Waals surface area contributed by atoms with E-state index in [0.29, 0.717) is 5.25 Å². The average Bonchev–Trinajstić information content (AvgIpc) is 2.40. The SMILES string of the molecule is CCc1nc(C2CCCCS2)nc(NC)c1I. The van der Waals surface area contributed by atoms with Crippen LogP contribution in [0.4, 0.5) is 5.82 Å². The standard InChI is InChI=1S/C12H18IN3S/c1-3-8-10(13)12(14-2)16-11(15-8)9-6-4-5-7-17-9/h9H,3-7H2,1-2H3,(H,14,15,16). The number of aromatic nitrogens is 2. The Labute approximate surface area is 121 Å². The summed E-state index contributed by atoms with van der Waals surface area (Å²) in [5, 5.41) is 3.68. The fourth-order valence-corrected chi connectivity index (χ4v) is 4.14. The van der Waals surface area contributed by atoms with Crippen molar-refractivity contribution in [2.45, 2.75) is 37.9 Å². The Morgan fingerprint density at radius 1 is 1.41 bits per heavy atom. The van der Waals surface area contributed by atoms with Crippen molar-refractivity contribution in [2.24, 2.45) is 0 Å². The lowest BCUT2D eigenvalue weighted by molar-refractivity contribution is 0.658. The molecule has 1 unspecified atom stereocenters. The van der Waals surface area contributed by atoms with Crippen LogP contribution in [0.2, 0.25) is 0 Å². The second-order valence-electron chi connectivity index (χ2n) is 4.15. The molecule has 1 saturated heterocycles. The number of hydrogen-bond acceptors (Lipinski definition) is 4. The quantitative estimate of drug-likeness (QED) is 0.832. The summed E-state index contributed by atoms with van der Waals surface area (Å²) >= 11 is 4.34. The molecule has 17 heavy (non-hydrogen) atoms. The van der Waals surface area contributed by atoms with Crippen LogP contribution >= 0.6 is 34.4 Å². The fraction of sp³-hybridized carbons (Fsp3) is 0.667. The zero-order valence-corrected chi connectivity index (χ0v) is 13.3. The van der Waals surface area contributed by atoms with Gasteiger partial charge in [-0.25, -0.2) is 9.97 Å². The molecule has 1 atom stereocenters. The van der Waals surface area contributed by atoms with Crippen molar-refractivity contribution in [1.29, 1.82) is 0 Å². The number of nitrogens with one attached hydrogen (secondary N) is 1. The van der Waals surface area contributed by atoms with Crippen LogP contribution in [-0.2, 0) is 6.42 Å². The van der Waals surface area contributed by atoms with Crippen molar-refractivity contribution in [2.75, 3.05) is 18.1 Å². The zero-order chi connectivity index (χ0) is 12.3. The normalized spacial score (nSPS) is 20.3. The van der Waals surface area contributed by atoms with Crippen LogP contribution in [0.1, 0.15) is 43.0 Å². The van der Waals surface area contributed by atoms with E-state index in [4.69, 9.17) is 4.98 Å². The third-order valence-corrected chi connectivity index (χ3v) is 5.48. The van der Waals surface area contributed by atoms with Crippen LogP contribution in [0.5, 0.6) is 0 Å². The van der Waals surface area contributed by atoms with Crippen LogP contribution < -0.4 is 5.32 Å². The predicted octanol–water partition coefficient (Wildman–Crippen LogP) is 3.64. The van der Waals surface area contributed by atoms with Gasteiger partial charge in [0.05, 0.1) is 14.5 Å². The third kappa shape index (κ3) is 3.05. The highest BCUT2D eigenvalue weighted by Crippen LogP contribution is 2.37. The third-order valence-electron chi connectivity index (χ3n) is 2.98. The Morgan fingerprint density at radius 3 is 2.82 bits per heavy atom. The van der Waals surface area contributed by atoms with E-state index in [2.05, 4.69) is 39.8 Å². The van der Waals surface area contributed by atoms with E-state index in [9.17, 15) is 0 Å². The van der Waals surface area contributed by atoms with Crippen LogP contribution in [0.3, 0.4) is 0 Å². The van der Waals surface area contributed by atoms with E-state index in [1.165, 1.54) is 30.7 Å². The number of halogens is 1. The van der Waals surface area contributed by atoms with Gasteiger partial charge >= 0.3 is 0 Å². The van der Waals surface area contributed by atoms with E-state index in [0.717, 1.165) is 21.6 Å². The monoisotopic (exact) mass is 363 g/mol. The van der Waals surface area contributed by atoms with Crippen molar-refractivity contribution in [3.8, 4) is 0 Å². The minimum Gasteiger partial charge on any atom is -0.372 e. The Hall–Kier alpha value is -0.0400. The molecule has 1 aliphatic rings. The lowest BCUT2D eigenvalue weighted by Gasteiger charge is -2.21. The molecule has 0 radical (unpaired) electrons. The van der Waals surface area contributed by atoms with Crippen molar-refractivity contribution in [3.63, 3.8) is 0 Å². The maximum atomic E-state index is 4.74. The van der Waals surface area contributed by atoms with Gasteiger partial charge in [0, 0.05) is 7.05 Å². The summed E-state index contributed by atoms with van der Waals surface area (Å²) in [6, 6.07) is 0. The molecule has 2 rings (SSSR count). The van der Waals surface area contributed by atoms with Crippen molar-refractivity contribution in [3.05, 3.63) is 15.1 Å². The van der Waals surface area contributed by atoms with Crippen molar-refractivity contribution >= 4 is 40.2 Å². The number of aryl methyl sites for hydroxylation is 1. The first-order valence-electron chi connectivity index (χ1n) is 6.12. The topological polar surface area (TPSA) is 37.8 Å². The molecular weight excluding hydrogens is 345 g/mol. The summed E-state index contributed by atoms with van der Waals surface area (Å²) < 4.78 is 1.16. The van der Waals surface area contributed by atoms with Gasteiger partial charge in [0.1, 0.15) is 11.6 Å². The number of hydrogen-bond donors (Lipinski definition) is 1. The summed E-state index contributed by atoms with van der Waals surface area (Å²) in [5.74, 6) is 3.26. The Bertz CT molecular complexity index is 366. The van der Waals surface area contributed by atoms with Gasteiger partial charge in [-0.05, 0) is 47.6 Å². The predicted molar refractivity (Wildman–Crippen MR) is 82.7 cm³/mol. The first-order chi connectivity index (χ1) is 8.26. The number of anilines is 1. The summed E-state index contributed by atoms with van der Waals surface area (Å²) in [4.78, 5) is 9.42. The summed E-state index contributed by atoms with van der Waals surface area (Å²) in [7, 11) is 1.93. The zero-order valence-electron chi connectivity index (χ0n) is 10.3. The highest BCUT2D eigenvalue weighted by Gasteiger charge is 2.21. The summed E-state index contributed by atoms with van der Waals surface area (Å²) in [6.07, 6.45) is 4.84. The molecule has 0 amide bonds. The Balaban J connectivity index is 2.33. The van der Waals surface area contributed by atoms with E-state index >= 15 is 0 Å². The molecule has 0 saturated carbocycles. The van der Waals surface area contributed by atoms with Crippen LogP contribution in [0.25, 0.3) is 0 Å². The van der Waals surface area contributed by atoms with Gasteiger partial charge in [-0.1, -0.05) is 13.3 Å². The van der Waals surface area contributed by atoms with Crippen LogP contribution in [0, 0.1) is 3.57 Å². The number of nitrogens with zero attached hydrogens (tertiary/aromatic N) is 2. The smallest absolute Gasteiger partial charge is 0.144 e. The van der Waals surface area contributed by atoms with Crippen molar-refractivity contribution < 1.29 is 0 Å². The molecule has 0 aliphatic carbocycles. The van der Waals surface area contributed by atoms with Gasteiger partial charge in [-0.3, -0.25) is 0 Å². The second-order valence-corrected chi connectivity index (χ2v) is 6.54. The lowest BCUT2D eigenvalue weighted by Crippen LogP contribution is -2.11. The molecular formula is C12H18IN3S. The molecule has 2 heterocycles. The highest BCUT2D eigenvalue weighted by atomic mass is 127. The van der Waals surface area contributed by atoms with Crippen LogP contribution in [0.15, 0.2) is 0 Å². The Kier molecular flexibility index (Phi) is 4.90. The highest BCUT2D eigenvalue weighted by molar-refractivity contribution is 14.1. The molecule has 0 bridgehead atoms. The van der Waals surface area contributed by atoms with Gasteiger partial charge in [-0.2, -0.15) is 11.8 Å². The van der Waals surface area contributed by atoms with E-state index in [1.807, 2.05) is 18.8 Å². The van der Waals surface area contributed by atoms with Gasteiger partial charge < -0.3 is 5.32 Å². The molecule has 0 spiro atoms. The molecule has 1 aromatic heterocycles. The van der Waals surface area contributed by atoms with E-state index < -0.39 is 0 Å². The lowest BCUT2D eigenvalue weighted by atomic mass is 10.1. The van der Waals surface area contributed by atoms with E-state index in [1.54, 1.807) is 0 Å². The van der Waals surface area contributed by atoms with Crippen LogP contribution in [-0.4, -0.2) is 22.8 Å². The van der Waals surface area contributed by atoms with Crippen molar-refractivity contribution in [1.82, 2.24) is 9.97 Å². The maximum Gasteiger partial charge on any atom is 0.144 e. The van der Waals surface area contributed by atoms with Gasteiger partial charge in [-0.15, -0.1) is 0 Å². The molecule has 1 N–H and O–H groups in total. The largest absolute Gasteiger partial charge is 0.372 e. The fourth-order valence-electron chi connectivity index (χ4n) is 2.00. The summed E-state index contributed by atoms with van der Waals surface area (Å²) in [5.41, 5.74) is 1.17. The minimum atomic E-state index is 0.498. The van der Waals surface area contributed by atoms with Gasteiger partial charge in [0.25, 0.3) is 0 Å². The minimum absolute atomic E-state index is 0.498. The molecule has 1 fully saturated rings. The average molecular weight is 363 g/mol. The molecule has 0 aromatic carbocycles. The Morgan fingerprint density at radius 2 is 2.24 bits per heavy atom. The molecule has 1 aliphatic heterocycles. The molecule has 5 heteroatoms. The number of thioether (sulfide) groups is 1. The number of rotatable bonds is 3. The molecule has 1 aromatic rings. The van der Waals surface area contributed by atoms with E-state index in [-0.39, 0.29) is 0 Å². The first kappa shape index (κ1) is 13.4. The maximum absolute atomic E-state index is 4.74. The van der Waals surface area contributed by atoms with Gasteiger partial charge in [0.2, 0.25) is 0 Å². The first-order valence-corrected chi connectivity index (χ1v) is 8.24. The second kappa shape index (κ2) is 6.22. The molecule has 94 valence electrons. The summed E-state index contributed by atoms with van der Waals surface area (Å²) in [6.45, 7) is 2.15. The molecule has 3 nitrogen and oxygen atoms in total.